The van der Waals surface area contributed by atoms with Gasteiger partial charge in [-0.15, -0.1) is 0 Å². The Kier molecular flexibility index (Phi) is 2.49. The van der Waals surface area contributed by atoms with Crippen LogP contribution < -0.4 is 5.32 Å². The lowest BCUT2D eigenvalue weighted by Gasteiger charge is -2.22. The number of carboxylic acid groups (broad SMARTS) is 1. The molecule has 0 saturated carbocycles. The second kappa shape index (κ2) is 3.73. The summed E-state index contributed by atoms with van der Waals surface area (Å²) in [7, 11) is 0. The SMILES string of the molecule is Cc1cc(NC(C)(C)C(=O)O)n2ncnc2c1. The molecule has 0 radical (unpaired) electrons. The van der Waals surface area contributed by atoms with Crippen LogP contribution in [0.2, 0.25) is 0 Å². The zero-order valence-electron chi connectivity index (χ0n) is 9.93. The van der Waals surface area contributed by atoms with Crippen molar-refractivity contribution in [3.63, 3.8) is 0 Å². The number of hydrogen-bond acceptors (Lipinski definition) is 4. The first-order valence-electron chi connectivity index (χ1n) is 5.22. The van der Waals surface area contributed by atoms with Crippen molar-refractivity contribution in [2.75, 3.05) is 5.32 Å². The van der Waals surface area contributed by atoms with E-state index < -0.39 is 11.5 Å². The van der Waals surface area contributed by atoms with E-state index in [0.29, 0.717) is 11.5 Å². The fourth-order valence-corrected chi connectivity index (χ4v) is 1.52. The molecule has 0 aromatic carbocycles. The topological polar surface area (TPSA) is 79.5 Å². The molecule has 6 nitrogen and oxygen atoms in total. The molecular weight excluding hydrogens is 220 g/mol. The maximum atomic E-state index is 11.1. The third-order valence-electron chi connectivity index (χ3n) is 2.50. The average Bonchev–Trinajstić information content (AvgIpc) is 2.64. The van der Waals surface area contributed by atoms with Crippen LogP contribution in [0.1, 0.15) is 19.4 Å². The van der Waals surface area contributed by atoms with Crippen molar-refractivity contribution in [1.29, 1.82) is 0 Å². The molecule has 90 valence electrons. The predicted octanol–water partition coefficient (Wildman–Crippen LogP) is 1.31. The highest BCUT2D eigenvalue weighted by molar-refractivity contribution is 5.81. The monoisotopic (exact) mass is 234 g/mol. The molecule has 0 amide bonds. The Morgan fingerprint density at radius 3 is 2.82 bits per heavy atom. The number of aliphatic carboxylic acids is 1. The lowest BCUT2D eigenvalue weighted by atomic mass is 10.1. The van der Waals surface area contributed by atoms with Gasteiger partial charge >= 0.3 is 5.97 Å². The lowest BCUT2D eigenvalue weighted by molar-refractivity contribution is -0.141. The minimum atomic E-state index is -1.06. The van der Waals surface area contributed by atoms with Crippen molar-refractivity contribution in [2.45, 2.75) is 26.3 Å². The van der Waals surface area contributed by atoms with Crippen molar-refractivity contribution in [3.8, 4) is 0 Å². The van der Waals surface area contributed by atoms with Crippen LogP contribution in [0.3, 0.4) is 0 Å². The van der Waals surface area contributed by atoms with Gasteiger partial charge in [0.25, 0.3) is 0 Å². The molecule has 0 aliphatic heterocycles. The fourth-order valence-electron chi connectivity index (χ4n) is 1.52. The summed E-state index contributed by atoms with van der Waals surface area (Å²) in [4.78, 5) is 15.2. The Morgan fingerprint density at radius 1 is 1.47 bits per heavy atom. The number of hydrogen-bond donors (Lipinski definition) is 2. The molecule has 2 heterocycles. The van der Waals surface area contributed by atoms with Crippen LogP contribution in [0, 0.1) is 6.92 Å². The molecule has 0 spiro atoms. The first-order chi connectivity index (χ1) is 7.90. The molecule has 17 heavy (non-hydrogen) atoms. The highest BCUT2D eigenvalue weighted by atomic mass is 16.4. The molecule has 2 aromatic heterocycles. The van der Waals surface area contributed by atoms with E-state index in [1.807, 2.05) is 19.1 Å². The summed E-state index contributed by atoms with van der Waals surface area (Å²) in [6.07, 6.45) is 1.44. The first kappa shape index (κ1) is 11.4. The third-order valence-corrected chi connectivity index (χ3v) is 2.50. The summed E-state index contributed by atoms with van der Waals surface area (Å²) in [6, 6.07) is 3.72. The van der Waals surface area contributed by atoms with Gasteiger partial charge in [-0.05, 0) is 38.5 Å². The molecule has 0 fully saturated rings. The molecule has 6 heteroatoms. The Labute approximate surface area is 98.3 Å². The van der Waals surface area contributed by atoms with Crippen molar-refractivity contribution < 1.29 is 9.90 Å². The number of carboxylic acids is 1. The summed E-state index contributed by atoms with van der Waals surface area (Å²) in [5, 5.41) is 16.1. The Balaban J connectivity index is 2.48. The fraction of sp³-hybridized carbons (Fsp3) is 0.364. The lowest BCUT2D eigenvalue weighted by Crippen LogP contribution is -2.40. The number of nitrogens with one attached hydrogen (secondary N) is 1. The Bertz CT molecular complexity index is 574. The van der Waals surface area contributed by atoms with E-state index in [2.05, 4.69) is 15.4 Å². The van der Waals surface area contributed by atoms with E-state index in [4.69, 9.17) is 5.11 Å². The molecule has 0 atom stereocenters. The van der Waals surface area contributed by atoms with Gasteiger partial charge in [0.15, 0.2) is 5.65 Å². The molecule has 2 aromatic rings. The number of aryl methyl sites for hydroxylation is 1. The van der Waals surface area contributed by atoms with Crippen molar-refractivity contribution in [3.05, 3.63) is 24.0 Å². The maximum Gasteiger partial charge on any atom is 0.328 e. The van der Waals surface area contributed by atoms with Gasteiger partial charge < -0.3 is 10.4 Å². The molecule has 0 bridgehead atoms. The molecule has 0 aliphatic carbocycles. The molecule has 0 saturated heterocycles. The third kappa shape index (κ3) is 2.06. The second-order valence-corrected chi connectivity index (χ2v) is 4.50. The van der Waals surface area contributed by atoms with Crippen LogP contribution in [-0.4, -0.2) is 31.2 Å². The van der Waals surface area contributed by atoms with Crippen LogP contribution in [-0.2, 0) is 4.79 Å². The molecule has 0 aliphatic rings. The summed E-state index contributed by atoms with van der Waals surface area (Å²) in [6.45, 7) is 5.12. The standard InChI is InChI=1S/C11H14N4O2/c1-7-4-8-12-6-13-15(8)9(5-7)14-11(2,3)10(16)17/h4-6,14H,1-3H3,(H,16,17). The van der Waals surface area contributed by atoms with Crippen LogP contribution in [0.4, 0.5) is 5.82 Å². The number of aromatic nitrogens is 3. The second-order valence-electron chi connectivity index (χ2n) is 4.50. The number of fused-ring (bicyclic) bond motifs is 1. The van der Waals surface area contributed by atoms with E-state index in [-0.39, 0.29) is 0 Å². The van der Waals surface area contributed by atoms with Crippen LogP contribution >= 0.6 is 0 Å². The van der Waals surface area contributed by atoms with E-state index in [1.165, 1.54) is 6.33 Å². The van der Waals surface area contributed by atoms with E-state index in [9.17, 15) is 4.79 Å². The van der Waals surface area contributed by atoms with Crippen molar-refractivity contribution >= 4 is 17.4 Å². The van der Waals surface area contributed by atoms with E-state index >= 15 is 0 Å². The maximum absolute atomic E-state index is 11.1. The summed E-state index contributed by atoms with van der Waals surface area (Å²) < 4.78 is 1.58. The van der Waals surface area contributed by atoms with Gasteiger partial charge in [-0.1, -0.05) is 0 Å². The van der Waals surface area contributed by atoms with Gasteiger partial charge in [0, 0.05) is 0 Å². The number of anilines is 1. The highest BCUT2D eigenvalue weighted by Crippen LogP contribution is 2.18. The number of pyridine rings is 1. The summed E-state index contributed by atoms with van der Waals surface area (Å²) >= 11 is 0. The van der Waals surface area contributed by atoms with E-state index in [1.54, 1.807) is 18.4 Å². The van der Waals surface area contributed by atoms with Gasteiger partial charge in [0.2, 0.25) is 0 Å². The molecule has 2 N–H and O–H groups in total. The minimum absolute atomic E-state index is 0.616. The zero-order valence-corrected chi connectivity index (χ0v) is 9.93. The zero-order chi connectivity index (χ0) is 12.6. The van der Waals surface area contributed by atoms with Gasteiger partial charge in [-0.2, -0.15) is 9.61 Å². The van der Waals surface area contributed by atoms with Gasteiger partial charge in [-0.3, -0.25) is 0 Å². The quantitative estimate of drug-likeness (QED) is 0.837. The number of carbonyl (C=O) groups is 1. The van der Waals surface area contributed by atoms with Crippen molar-refractivity contribution in [2.24, 2.45) is 0 Å². The smallest absolute Gasteiger partial charge is 0.328 e. The normalized spacial score (nSPS) is 11.7. The number of rotatable bonds is 3. The predicted molar refractivity (Wildman–Crippen MR) is 63.1 cm³/mol. The Morgan fingerprint density at radius 2 is 2.18 bits per heavy atom. The summed E-state index contributed by atoms with van der Waals surface area (Å²) in [5.41, 5.74) is 0.620. The first-order valence-corrected chi connectivity index (χ1v) is 5.22. The molecule has 0 unspecified atom stereocenters. The van der Waals surface area contributed by atoms with Gasteiger partial charge in [-0.25, -0.2) is 9.78 Å². The minimum Gasteiger partial charge on any atom is -0.480 e. The number of nitrogens with zero attached hydrogens (tertiary/aromatic N) is 3. The summed E-state index contributed by atoms with van der Waals surface area (Å²) in [5.74, 6) is -0.308. The van der Waals surface area contributed by atoms with Gasteiger partial charge in [0.05, 0.1) is 0 Å². The van der Waals surface area contributed by atoms with Crippen LogP contribution in [0.5, 0.6) is 0 Å². The average molecular weight is 234 g/mol. The largest absolute Gasteiger partial charge is 0.480 e. The highest BCUT2D eigenvalue weighted by Gasteiger charge is 2.27. The van der Waals surface area contributed by atoms with Crippen LogP contribution in [0.15, 0.2) is 18.5 Å². The Hall–Kier alpha value is -2.11. The van der Waals surface area contributed by atoms with E-state index in [0.717, 1.165) is 5.56 Å². The van der Waals surface area contributed by atoms with Gasteiger partial charge in [0.1, 0.15) is 17.7 Å². The molecular formula is C11H14N4O2. The van der Waals surface area contributed by atoms with Crippen molar-refractivity contribution in [1.82, 2.24) is 14.6 Å². The van der Waals surface area contributed by atoms with Crippen LogP contribution in [0.25, 0.3) is 5.65 Å². The molecule has 2 rings (SSSR count).